The van der Waals surface area contributed by atoms with Crippen molar-refractivity contribution in [2.24, 2.45) is 28.7 Å². The van der Waals surface area contributed by atoms with E-state index in [0.717, 1.165) is 18.4 Å². The average molecular weight is 376 g/mol. The lowest BCUT2D eigenvalue weighted by Gasteiger charge is -2.46. The number of aliphatic hydroxyl groups is 1. The van der Waals surface area contributed by atoms with Crippen LogP contribution in [-0.2, 0) is 20.9 Å². The van der Waals surface area contributed by atoms with Crippen LogP contribution in [0.1, 0.15) is 45.1 Å². The van der Waals surface area contributed by atoms with Crippen molar-refractivity contribution in [1.29, 1.82) is 0 Å². The van der Waals surface area contributed by atoms with E-state index < -0.39 is 29.4 Å². The molecule has 0 spiro atoms. The predicted octanol–water partition coefficient (Wildman–Crippen LogP) is 1.78. The number of esters is 1. The van der Waals surface area contributed by atoms with Crippen molar-refractivity contribution in [3.8, 4) is 0 Å². The van der Waals surface area contributed by atoms with Crippen molar-refractivity contribution in [3.63, 3.8) is 0 Å². The number of hydrogen-bond acceptors (Lipinski definition) is 6. The minimum Gasteiger partial charge on any atom is -0.461 e. The number of Topliss-reactive ketones (excluding diaryl/α,β-unsaturated/α-hetero) is 1. The number of ketones is 1. The highest BCUT2D eigenvalue weighted by atomic mass is 16.5. The predicted molar refractivity (Wildman–Crippen MR) is 104 cm³/mol. The molecule has 6 heteroatoms. The van der Waals surface area contributed by atoms with Crippen LogP contribution in [0.25, 0.3) is 0 Å². The molecule has 0 saturated heterocycles. The smallest absolute Gasteiger partial charge is 0.310 e. The van der Waals surface area contributed by atoms with E-state index in [1.54, 1.807) is 0 Å². The van der Waals surface area contributed by atoms with Crippen LogP contribution >= 0.6 is 0 Å². The van der Waals surface area contributed by atoms with E-state index in [1.165, 1.54) is 0 Å². The highest BCUT2D eigenvalue weighted by molar-refractivity contribution is 5.94. The van der Waals surface area contributed by atoms with Gasteiger partial charge in [0.2, 0.25) is 0 Å². The van der Waals surface area contributed by atoms with Crippen LogP contribution < -0.4 is 11.5 Å². The summed E-state index contributed by atoms with van der Waals surface area (Å²) in [6.07, 6.45) is 1.31. The van der Waals surface area contributed by atoms with Crippen LogP contribution in [0.4, 0.5) is 0 Å². The average Bonchev–Trinajstić information content (AvgIpc) is 2.70. The second-order valence-corrected chi connectivity index (χ2v) is 7.82. The number of rotatable bonds is 8. The van der Waals surface area contributed by atoms with E-state index in [2.05, 4.69) is 0 Å². The maximum absolute atomic E-state index is 13.3. The molecule has 0 heterocycles. The highest BCUT2D eigenvalue weighted by Crippen LogP contribution is 2.46. The third-order valence-electron chi connectivity index (χ3n) is 5.76. The quantitative estimate of drug-likeness (QED) is 0.596. The molecule has 6 nitrogen and oxygen atoms in total. The molecule has 0 aromatic heterocycles. The van der Waals surface area contributed by atoms with Gasteiger partial charge in [-0.25, -0.2) is 0 Å². The van der Waals surface area contributed by atoms with E-state index in [4.69, 9.17) is 16.2 Å². The Balaban J connectivity index is 2.28. The number of ether oxygens (including phenoxy) is 1. The molecule has 150 valence electrons. The van der Waals surface area contributed by atoms with Gasteiger partial charge in [0.05, 0.1) is 23.5 Å². The summed E-state index contributed by atoms with van der Waals surface area (Å²) in [5.41, 5.74) is 11.5. The normalized spacial score (nSPS) is 25.0. The van der Waals surface area contributed by atoms with Gasteiger partial charge in [-0.1, -0.05) is 57.0 Å². The summed E-state index contributed by atoms with van der Waals surface area (Å²) in [5.74, 6) is -1.57. The Labute approximate surface area is 161 Å². The number of benzene rings is 1. The standard InChI is InChI=1S/C21H32N2O4/c1-14(2)18(23)19(25)21(17(24)12-22)11-7-6-10-16(21)20(26)27-13-15-8-4-3-5-9-15/h3-5,8-9,14,16-18,24H,6-7,10-13,22-23H2,1-2H3/t16?,17?,18-,21?/m0/s1. The van der Waals surface area contributed by atoms with Crippen molar-refractivity contribution in [2.75, 3.05) is 6.54 Å². The first-order chi connectivity index (χ1) is 12.8. The first-order valence-electron chi connectivity index (χ1n) is 9.73. The third-order valence-corrected chi connectivity index (χ3v) is 5.76. The Bertz CT molecular complexity index is 634. The van der Waals surface area contributed by atoms with Crippen molar-refractivity contribution in [1.82, 2.24) is 0 Å². The number of carbonyl (C=O) groups is 2. The molecule has 1 aliphatic carbocycles. The summed E-state index contributed by atoms with van der Waals surface area (Å²) in [4.78, 5) is 26.2. The molecule has 0 bridgehead atoms. The van der Waals surface area contributed by atoms with Gasteiger partial charge >= 0.3 is 5.97 Å². The van der Waals surface area contributed by atoms with E-state index in [-0.39, 0.29) is 24.9 Å². The molecule has 4 atom stereocenters. The van der Waals surface area contributed by atoms with Gasteiger partial charge in [0.15, 0.2) is 5.78 Å². The van der Waals surface area contributed by atoms with Crippen molar-refractivity contribution in [3.05, 3.63) is 35.9 Å². The summed E-state index contributed by atoms with van der Waals surface area (Å²) in [6.45, 7) is 3.75. The molecule has 1 aromatic rings. The van der Waals surface area contributed by atoms with Crippen LogP contribution in [0.15, 0.2) is 30.3 Å². The Kier molecular flexibility index (Phi) is 7.53. The number of carbonyl (C=O) groups excluding carboxylic acids is 2. The molecule has 0 aliphatic heterocycles. The largest absolute Gasteiger partial charge is 0.461 e. The molecule has 1 aliphatic rings. The fourth-order valence-corrected chi connectivity index (χ4v) is 4.04. The van der Waals surface area contributed by atoms with E-state index >= 15 is 0 Å². The van der Waals surface area contributed by atoms with Gasteiger partial charge in [0.1, 0.15) is 6.61 Å². The van der Waals surface area contributed by atoms with Gasteiger partial charge in [-0.15, -0.1) is 0 Å². The maximum Gasteiger partial charge on any atom is 0.310 e. The summed E-state index contributed by atoms with van der Waals surface area (Å²) in [7, 11) is 0. The topological polar surface area (TPSA) is 116 Å². The second kappa shape index (κ2) is 9.44. The van der Waals surface area contributed by atoms with Gasteiger partial charge in [0, 0.05) is 6.54 Å². The lowest BCUT2D eigenvalue weighted by molar-refractivity contribution is -0.170. The lowest BCUT2D eigenvalue weighted by Crippen LogP contribution is -2.60. The molecular weight excluding hydrogens is 344 g/mol. The fourth-order valence-electron chi connectivity index (χ4n) is 4.04. The molecule has 3 unspecified atom stereocenters. The van der Waals surface area contributed by atoms with E-state index in [9.17, 15) is 14.7 Å². The molecule has 0 amide bonds. The molecule has 1 aromatic carbocycles. The monoisotopic (exact) mass is 376 g/mol. The van der Waals surface area contributed by atoms with Crippen molar-refractivity contribution < 1.29 is 19.4 Å². The first-order valence-corrected chi connectivity index (χ1v) is 9.73. The molecular formula is C21H32N2O4. The summed E-state index contributed by atoms with van der Waals surface area (Å²) in [6, 6.07) is 8.62. The molecule has 5 N–H and O–H groups in total. The van der Waals surface area contributed by atoms with Crippen LogP contribution in [-0.4, -0.2) is 35.5 Å². The van der Waals surface area contributed by atoms with Crippen LogP contribution in [0.5, 0.6) is 0 Å². The Morgan fingerprint density at radius 2 is 1.93 bits per heavy atom. The zero-order chi connectivity index (χ0) is 20.0. The van der Waals surface area contributed by atoms with Gasteiger partial charge in [-0.05, 0) is 24.3 Å². The van der Waals surface area contributed by atoms with Crippen LogP contribution in [0.2, 0.25) is 0 Å². The third kappa shape index (κ3) is 4.57. The van der Waals surface area contributed by atoms with E-state index in [1.807, 2.05) is 44.2 Å². The molecule has 0 radical (unpaired) electrons. The summed E-state index contributed by atoms with van der Waals surface area (Å²) < 4.78 is 5.52. The van der Waals surface area contributed by atoms with Gasteiger partial charge in [0.25, 0.3) is 0 Å². The molecule has 1 saturated carbocycles. The number of nitrogens with two attached hydrogens (primary N) is 2. The lowest BCUT2D eigenvalue weighted by atomic mass is 9.58. The number of hydrogen-bond donors (Lipinski definition) is 3. The fraction of sp³-hybridized carbons (Fsp3) is 0.619. The van der Waals surface area contributed by atoms with Crippen LogP contribution in [0, 0.1) is 17.3 Å². The Morgan fingerprint density at radius 3 is 2.52 bits per heavy atom. The molecule has 27 heavy (non-hydrogen) atoms. The van der Waals surface area contributed by atoms with Crippen LogP contribution in [0.3, 0.4) is 0 Å². The van der Waals surface area contributed by atoms with Gasteiger partial charge < -0.3 is 21.3 Å². The molecule has 1 fully saturated rings. The van der Waals surface area contributed by atoms with Gasteiger partial charge in [-0.2, -0.15) is 0 Å². The van der Waals surface area contributed by atoms with Crippen molar-refractivity contribution >= 4 is 11.8 Å². The zero-order valence-corrected chi connectivity index (χ0v) is 16.3. The summed E-state index contributed by atoms with van der Waals surface area (Å²) >= 11 is 0. The Morgan fingerprint density at radius 1 is 1.26 bits per heavy atom. The highest BCUT2D eigenvalue weighted by Gasteiger charge is 2.56. The molecule has 2 rings (SSSR count). The second-order valence-electron chi connectivity index (χ2n) is 7.82. The zero-order valence-electron chi connectivity index (χ0n) is 16.3. The minimum absolute atomic E-state index is 0.0951. The van der Waals surface area contributed by atoms with E-state index in [0.29, 0.717) is 12.8 Å². The van der Waals surface area contributed by atoms with Gasteiger partial charge in [-0.3, -0.25) is 9.59 Å². The Hall–Kier alpha value is -1.76. The van der Waals surface area contributed by atoms with Crippen molar-refractivity contribution in [2.45, 2.75) is 58.3 Å². The SMILES string of the molecule is CC(C)[C@H](N)C(=O)C1(C(O)CN)CCCCC1C(=O)OCc1ccccc1. The number of aliphatic hydroxyl groups excluding tert-OH is 1. The maximum atomic E-state index is 13.3. The minimum atomic E-state index is -1.27. The first kappa shape index (κ1) is 21.5. The summed E-state index contributed by atoms with van der Waals surface area (Å²) in [5, 5.41) is 10.7.